The Bertz CT molecular complexity index is 1110. The molecule has 0 unspecified atom stereocenters. The first-order valence-corrected chi connectivity index (χ1v) is 10.7. The van der Waals surface area contributed by atoms with Gasteiger partial charge in [-0.25, -0.2) is 9.37 Å². The van der Waals surface area contributed by atoms with Crippen LogP contribution >= 0.6 is 11.6 Å². The molecule has 0 saturated carbocycles. The highest BCUT2D eigenvalue weighted by molar-refractivity contribution is 6.34. The Hall–Kier alpha value is -3.45. The normalized spacial score (nSPS) is 14.1. The molecule has 6 nitrogen and oxygen atoms in total. The minimum absolute atomic E-state index is 0.0996. The standard InChI is InChI=1S/C24H22ClFN4O2/c25-21-5-2-1-4-20(21)23(31)28-19-10-11-22(27-16-19)29-12-3-13-30(15-14-29)24(32)17-6-8-18(26)9-7-17/h1-2,4-11,16H,3,12-15H2,(H,28,31). The minimum atomic E-state index is -0.360. The summed E-state index contributed by atoms with van der Waals surface area (Å²) in [6.45, 7) is 2.55. The van der Waals surface area contributed by atoms with Crippen molar-refractivity contribution in [3.63, 3.8) is 0 Å². The van der Waals surface area contributed by atoms with Crippen molar-refractivity contribution >= 4 is 34.9 Å². The lowest BCUT2D eigenvalue weighted by Gasteiger charge is -2.23. The molecular formula is C24H22ClFN4O2. The van der Waals surface area contributed by atoms with E-state index in [1.54, 1.807) is 41.4 Å². The van der Waals surface area contributed by atoms with Crippen LogP contribution in [0, 0.1) is 5.82 Å². The lowest BCUT2D eigenvalue weighted by atomic mass is 10.2. The van der Waals surface area contributed by atoms with Gasteiger partial charge in [0.15, 0.2) is 0 Å². The highest BCUT2D eigenvalue weighted by atomic mass is 35.5. The molecule has 1 aliphatic heterocycles. The minimum Gasteiger partial charge on any atom is -0.355 e. The van der Waals surface area contributed by atoms with E-state index in [9.17, 15) is 14.0 Å². The number of carbonyl (C=O) groups is 2. The van der Waals surface area contributed by atoms with Crippen LogP contribution in [0.5, 0.6) is 0 Å². The molecule has 0 spiro atoms. The molecule has 1 saturated heterocycles. The molecule has 2 heterocycles. The molecule has 1 aromatic heterocycles. The third-order valence-corrected chi connectivity index (χ3v) is 5.65. The molecule has 1 aliphatic rings. The number of carbonyl (C=O) groups excluding carboxylic acids is 2. The van der Waals surface area contributed by atoms with Gasteiger partial charge < -0.3 is 15.1 Å². The van der Waals surface area contributed by atoms with Crippen molar-refractivity contribution in [3.8, 4) is 0 Å². The summed E-state index contributed by atoms with van der Waals surface area (Å²) in [5, 5.41) is 3.19. The van der Waals surface area contributed by atoms with Crippen LogP contribution in [-0.4, -0.2) is 47.9 Å². The predicted molar refractivity (Wildman–Crippen MR) is 123 cm³/mol. The Morgan fingerprint density at radius 2 is 1.72 bits per heavy atom. The first kappa shape index (κ1) is 21.8. The van der Waals surface area contributed by atoms with Gasteiger partial charge in [0.2, 0.25) is 0 Å². The number of nitrogens with zero attached hydrogens (tertiary/aromatic N) is 3. The van der Waals surface area contributed by atoms with Gasteiger partial charge in [-0.15, -0.1) is 0 Å². The SMILES string of the molecule is O=C(Nc1ccc(N2CCCN(C(=O)c3ccc(F)cc3)CC2)nc1)c1ccccc1Cl. The number of aromatic nitrogens is 1. The van der Waals surface area contributed by atoms with Gasteiger partial charge in [-0.2, -0.15) is 0 Å². The Labute approximate surface area is 190 Å². The first-order chi connectivity index (χ1) is 15.5. The van der Waals surface area contributed by atoms with E-state index in [0.717, 1.165) is 18.8 Å². The van der Waals surface area contributed by atoms with E-state index in [4.69, 9.17) is 11.6 Å². The smallest absolute Gasteiger partial charge is 0.257 e. The number of halogens is 2. The Balaban J connectivity index is 1.37. The molecule has 0 bridgehead atoms. The average molecular weight is 453 g/mol. The Morgan fingerprint density at radius 3 is 2.44 bits per heavy atom. The molecule has 3 aromatic rings. The van der Waals surface area contributed by atoms with Crippen LogP contribution in [0.4, 0.5) is 15.9 Å². The second-order valence-corrected chi connectivity index (χ2v) is 7.89. The summed E-state index contributed by atoms with van der Waals surface area (Å²) >= 11 is 6.08. The number of anilines is 2. The summed E-state index contributed by atoms with van der Waals surface area (Å²) in [4.78, 5) is 33.5. The predicted octanol–water partition coefficient (Wildman–Crippen LogP) is 4.48. The quantitative estimate of drug-likeness (QED) is 0.634. The molecule has 32 heavy (non-hydrogen) atoms. The van der Waals surface area contributed by atoms with Crippen LogP contribution in [0.25, 0.3) is 0 Å². The molecule has 1 N–H and O–H groups in total. The van der Waals surface area contributed by atoms with Crippen molar-refractivity contribution in [2.75, 3.05) is 36.4 Å². The van der Waals surface area contributed by atoms with E-state index in [2.05, 4.69) is 15.2 Å². The monoisotopic (exact) mass is 452 g/mol. The van der Waals surface area contributed by atoms with E-state index in [0.29, 0.717) is 41.5 Å². The second kappa shape index (κ2) is 9.78. The van der Waals surface area contributed by atoms with Gasteiger partial charge in [-0.1, -0.05) is 23.7 Å². The zero-order valence-corrected chi connectivity index (χ0v) is 18.1. The highest BCUT2D eigenvalue weighted by Crippen LogP contribution is 2.20. The second-order valence-electron chi connectivity index (χ2n) is 7.48. The van der Waals surface area contributed by atoms with Gasteiger partial charge in [-0.05, 0) is 55.0 Å². The molecule has 2 aromatic carbocycles. The number of amides is 2. The number of hydrogen-bond donors (Lipinski definition) is 1. The lowest BCUT2D eigenvalue weighted by Crippen LogP contribution is -2.35. The lowest BCUT2D eigenvalue weighted by molar-refractivity contribution is 0.0766. The molecule has 164 valence electrons. The third kappa shape index (κ3) is 5.06. The fourth-order valence-electron chi connectivity index (χ4n) is 3.62. The molecule has 1 fully saturated rings. The molecule has 0 aliphatic carbocycles. The molecule has 4 rings (SSSR count). The van der Waals surface area contributed by atoms with Gasteiger partial charge >= 0.3 is 0 Å². The van der Waals surface area contributed by atoms with E-state index < -0.39 is 0 Å². The van der Waals surface area contributed by atoms with Crippen LogP contribution in [0.3, 0.4) is 0 Å². The summed E-state index contributed by atoms with van der Waals surface area (Å²) in [5.74, 6) is 0.0188. The maximum absolute atomic E-state index is 13.1. The average Bonchev–Trinajstić information content (AvgIpc) is 3.06. The van der Waals surface area contributed by atoms with Gasteiger partial charge in [0.1, 0.15) is 11.6 Å². The van der Waals surface area contributed by atoms with Crippen molar-refractivity contribution in [3.05, 3.63) is 88.8 Å². The highest BCUT2D eigenvalue weighted by Gasteiger charge is 2.21. The van der Waals surface area contributed by atoms with Gasteiger partial charge in [-0.3, -0.25) is 9.59 Å². The number of rotatable bonds is 4. The van der Waals surface area contributed by atoms with Crippen molar-refractivity contribution in [1.82, 2.24) is 9.88 Å². The molecule has 2 amide bonds. The largest absolute Gasteiger partial charge is 0.355 e. The molecule has 8 heteroatoms. The summed E-state index contributed by atoms with van der Waals surface area (Å²) in [6, 6.07) is 16.1. The van der Waals surface area contributed by atoms with Crippen molar-refractivity contribution in [2.45, 2.75) is 6.42 Å². The summed E-state index contributed by atoms with van der Waals surface area (Å²) in [6.07, 6.45) is 2.40. The maximum atomic E-state index is 13.1. The van der Waals surface area contributed by atoms with E-state index in [1.807, 2.05) is 6.07 Å². The zero-order chi connectivity index (χ0) is 22.5. The summed E-state index contributed by atoms with van der Waals surface area (Å²) in [5.41, 5.74) is 1.45. The number of benzene rings is 2. The van der Waals surface area contributed by atoms with Crippen LogP contribution in [-0.2, 0) is 0 Å². The topological polar surface area (TPSA) is 65.5 Å². The number of nitrogens with one attached hydrogen (secondary N) is 1. The van der Waals surface area contributed by atoms with E-state index in [1.165, 1.54) is 24.3 Å². The molecular weight excluding hydrogens is 431 g/mol. The molecule has 0 radical (unpaired) electrons. The van der Waals surface area contributed by atoms with Crippen molar-refractivity contribution < 1.29 is 14.0 Å². The van der Waals surface area contributed by atoms with E-state index in [-0.39, 0.29) is 17.6 Å². The zero-order valence-electron chi connectivity index (χ0n) is 17.3. The first-order valence-electron chi connectivity index (χ1n) is 10.3. The van der Waals surface area contributed by atoms with Crippen LogP contribution in [0.2, 0.25) is 5.02 Å². The summed E-state index contributed by atoms with van der Waals surface area (Å²) in [7, 11) is 0. The van der Waals surface area contributed by atoms with E-state index >= 15 is 0 Å². The van der Waals surface area contributed by atoms with Crippen LogP contribution in [0.15, 0.2) is 66.9 Å². The van der Waals surface area contributed by atoms with Crippen LogP contribution in [0.1, 0.15) is 27.1 Å². The van der Waals surface area contributed by atoms with Gasteiger partial charge in [0.25, 0.3) is 11.8 Å². The van der Waals surface area contributed by atoms with Gasteiger partial charge in [0.05, 0.1) is 22.5 Å². The number of hydrogen-bond acceptors (Lipinski definition) is 4. The fourth-order valence-corrected chi connectivity index (χ4v) is 3.84. The third-order valence-electron chi connectivity index (χ3n) is 5.32. The van der Waals surface area contributed by atoms with Crippen molar-refractivity contribution in [1.29, 1.82) is 0 Å². The summed E-state index contributed by atoms with van der Waals surface area (Å²) < 4.78 is 13.1. The van der Waals surface area contributed by atoms with Crippen molar-refractivity contribution in [2.24, 2.45) is 0 Å². The number of pyridine rings is 1. The molecule has 0 atom stereocenters. The maximum Gasteiger partial charge on any atom is 0.257 e. The fraction of sp³-hybridized carbons (Fsp3) is 0.208. The Morgan fingerprint density at radius 1 is 0.938 bits per heavy atom. The Kier molecular flexibility index (Phi) is 6.66. The van der Waals surface area contributed by atoms with Gasteiger partial charge in [0, 0.05) is 31.7 Å². The van der Waals surface area contributed by atoms with Crippen LogP contribution < -0.4 is 10.2 Å².